The van der Waals surface area contributed by atoms with E-state index in [4.69, 9.17) is 26.4 Å². The van der Waals surface area contributed by atoms with Gasteiger partial charge in [0.2, 0.25) is 41.6 Å². The van der Waals surface area contributed by atoms with Gasteiger partial charge < -0.3 is 34.5 Å². The number of ketones is 2. The van der Waals surface area contributed by atoms with Crippen molar-refractivity contribution in [1.29, 1.82) is 0 Å². The van der Waals surface area contributed by atoms with Gasteiger partial charge in [0.25, 0.3) is 5.24 Å². The molecule has 0 unspecified atom stereocenters. The van der Waals surface area contributed by atoms with Gasteiger partial charge in [0.05, 0.1) is 59.7 Å². The van der Waals surface area contributed by atoms with Crippen LogP contribution in [0.25, 0.3) is 44.2 Å². The molecule has 0 aliphatic carbocycles. The SMILES string of the molecule is Brc1cnc2[nH]ccc2c1.CCCS(=O)(=O)Nc1ccc(F)c(C(=O)Cl)c1F.CCCS(=O)(=O)Nc1ccc(F)c(C(=O)c2c[nH]c3ncc(-c4cnc(OC)nc4)cc23)c1F.CCCS(=O)(=O)Nc1ccc(F)c(C(=O)c2c[nH]c3ncc(Br)cc23)c1F.COc1ncc(B(O)O)cn1. The fraction of sp³-hybridized carbons (Fsp3) is 0.180. The first kappa shape index (κ1) is 77.9. The predicted molar refractivity (Wildman–Crippen MR) is 369 cm³/mol. The lowest BCUT2D eigenvalue weighted by molar-refractivity contribution is 0.102. The molecule has 39 heteroatoms. The number of hydrogen-bond acceptors (Lipinski definition) is 20. The van der Waals surface area contributed by atoms with Gasteiger partial charge in [0.1, 0.15) is 40.0 Å². The third-order valence-corrected chi connectivity index (χ3v) is 18.8. The number of ether oxygens (including phenoxy) is 2. The van der Waals surface area contributed by atoms with E-state index in [-0.39, 0.29) is 45.9 Å². The zero-order valence-corrected chi connectivity index (χ0v) is 58.9. The van der Waals surface area contributed by atoms with Crippen molar-refractivity contribution in [1.82, 2.24) is 49.8 Å². The Bertz CT molecular complexity index is 5150. The number of sulfonamides is 3. The molecule has 8 heterocycles. The molecule has 0 aliphatic heterocycles. The van der Waals surface area contributed by atoms with Gasteiger partial charge in [-0.15, -0.1) is 0 Å². The molecule has 0 bridgehead atoms. The number of nitrogens with zero attached hydrogens (tertiary/aromatic N) is 7. The number of methoxy groups -OCH3 is 2. The van der Waals surface area contributed by atoms with Crippen molar-refractivity contribution in [3.8, 4) is 23.1 Å². The summed E-state index contributed by atoms with van der Waals surface area (Å²) in [6.07, 6.45) is 15.8. The summed E-state index contributed by atoms with van der Waals surface area (Å²) in [5, 5.41) is 17.7. The molecule has 26 nitrogen and oxygen atoms in total. The molecule has 0 atom stereocenters. The Hall–Kier alpha value is -9.44. The largest absolute Gasteiger partial charge is 0.491 e. The van der Waals surface area contributed by atoms with Crippen molar-refractivity contribution in [3.63, 3.8) is 0 Å². The summed E-state index contributed by atoms with van der Waals surface area (Å²) in [7, 11) is -10.0. The molecule has 526 valence electrons. The van der Waals surface area contributed by atoms with E-state index < -0.39 is 123 Å². The van der Waals surface area contributed by atoms with Crippen LogP contribution in [-0.4, -0.2) is 141 Å². The maximum absolute atomic E-state index is 15.1. The van der Waals surface area contributed by atoms with Crippen LogP contribution < -0.4 is 29.1 Å². The van der Waals surface area contributed by atoms with Crippen LogP contribution in [0.2, 0.25) is 0 Å². The summed E-state index contributed by atoms with van der Waals surface area (Å²) in [5.74, 6) is -9.83. The molecule has 0 spiro atoms. The molecule has 0 saturated heterocycles. The topological polar surface area (TPSA) is 386 Å². The van der Waals surface area contributed by atoms with Crippen molar-refractivity contribution in [2.75, 3.05) is 45.6 Å². The van der Waals surface area contributed by atoms with Gasteiger partial charge in [-0.05, 0) is 123 Å². The normalized spacial score (nSPS) is 11.2. The van der Waals surface area contributed by atoms with Crippen LogP contribution >= 0.6 is 43.5 Å². The Labute approximate surface area is 587 Å². The van der Waals surface area contributed by atoms with Gasteiger partial charge in [0.15, 0.2) is 17.5 Å². The van der Waals surface area contributed by atoms with E-state index in [1.54, 1.807) is 39.1 Å². The Balaban J connectivity index is 0.000000189. The second-order valence-electron chi connectivity index (χ2n) is 20.5. The highest BCUT2D eigenvalue weighted by atomic mass is 79.9. The summed E-state index contributed by atoms with van der Waals surface area (Å²) < 4.78 is 174. The third-order valence-electron chi connectivity index (χ3n) is 13.3. The Morgan fingerprint density at radius 2 is 0.890 bits per heavy atom. The highest BCUT2D eigenvalue weighted by molar-refractivity contribution is 9.10. The zero-order valence-electron chi connectivity index (χ0n) is 52.5. The summed E-state index contributed by atoms with van der Waals surface area (Å²) in [5.41, 5.74) is -1.19. The standard InChI is InChI=1S/C22H19F2N5O4S.C17H14BrF2N3O3S.C10H10ClF2NO3S.C7H5BrN2.C5H7BN2O3/c1-3-6-34(31,32)29-17-5-4-16(23)18(19(17)24)20(30)15-11-26-21-14(15)7-12(8-25-21)13-9-27-22(33-2)28-10-13;1-2-5-27(25,26)23-13-4-3-12(19)14(15(13)20)16(24)11-8-22-17-10(11)6-9(18)7-21-17;1-2-5-18(16,17)14-7-4-3-6(12)8(9(7)13)10(11)15;8-6-3-5-1-2-9-7(5)10-4-6;1-11-5-7-2-4(3-8-5)6(9)10/h4-5,7-11,29H,3,6H2,1-2H3,(H,25,26);3-4,6-8,23H,2,5H2,1H3,(H,21,22);3-4,14H,2,5H2,1H3;1-4H,(H,9,10);2-3,9-10H,1H3. The van der Waals surface area contributed by atoms with Crippen molar-refractivity contribution in [2.24, 2.45) is 0 Å². The van der Waals surface area contributed by atoms with Crippen LogP contribution in [-0.2, 0) is 30.1 Å². The molecular weight excluding hydrogens is 1540 g/mol. The van der Waals surface area contributed by atoms with Gasteiger partial charge in [-0.1, -0.05) is 20.8 Å². The lowest BCUT2D eigenvalue weighted by Gasteiger charge is -2.11. The molecule has 3 aromatic carbocycles. The molecule has 8 N–H and O–H groups in total. The lowest BCUT2D eigenvalue weighted by Crippen LogP contribution is -2.30. The van der Waals surface area contributed by atoms with E-state index in [1.165, 1.54) is 63.8 Å². The minimum absolute atomic E-state index is 0.0187. The number of aromatic nitrogens is 10. The number of hydrogen-bond donors (Lipinski definition) is 8. The number of fused-ring (bicyclic) bond motifs is 3. The molecule has 11 rings (SSSR count). The highest BCUT2D eigenvalue weighted by Gasteiger charge is 2.29. The van der Waals surface area contributed by atoms with Crippen LogP contribution in [0.3, 0.4) is 0 Å². The number of halogens is 9. The van der Waals surface area contributed by atoms with Gasteiger partial charge >= 0.3 is 19.1 Å². The van der Waals surface area contributed by atoms with Crippen molar-refractivity contribution in [2.45, 2.75) is 40.0 Å². The quantitative estimate of drug-likeness (QED) is 0.0143. The molecule has 100 heavy (non-hydrogen) atoms. The second-order valence-corrected chi connectivity index (χ2v) is 28.2. The zero-order chi connectivity index (χ0) is 73.4. The smallest absolute Gasteiger partial charge is 0.467 e. The monoisotopic (exact) mass is 1590 g/mol. The van der Waals surface area contributed by atoms with Crippen molar-refractivity contribution < 1.29 is 85.5 Å². The van der Waals surface area contributed by atoms with E-state index in [0.717, 1.165) is 51.9 Å². The second kappa shape index (κ2) is 34.6. The lowest BCUT2D eigenvalue weighted by atomic mass is 9.83. The van der Waals surface area contributed by atoms with Gasteiger partial charge in [-0.2, -0.15) is 0 Å². The van der Waals surface area contributed by atoms with E-state index in [0.29, 0.717) is 56.9 Å². The first-order chi connectivity index (χ1) is 47.3. The molecule has 8 aromatic heterocycles. The van der Waals surface area contributed by atoms with E-state index >= 15 is 4.39 Å². The van der Waals surface area contributed by atoms with Gasteiger partial charge in [0, 0.05) is 115 Å². The average molecular weight is 1590 g/mol. The minimum Gasteiger partial charge on any atom is -0.467 e. The van der Waals surface area contributed by atoms with Gasteiger partial charge in [-0.3, -0.25) is 28.5 Å². The molecule has 11 aromatic rings. The van der Waals surface area contributed by atoms with Gasteiger partial charge in [-0.25, -0.2) is 86.5 Å². The van der Waals surface area contributed by atoms with Crippen LogP contribution in [0.1, 0.15) is 82.2 Å². The van der Waals surface area contributed by atoms with E-state index in [2.05, 4.69) is 95.9 Å². The molecular formula is C61H55BBr2ClF6N13O13S3. The number of rotatable bonds is 21. The molecule has 0 radical (unpaired) electrons. The molecule has 0 amide bonds. The number of anilines is 3. The molecule has 0 fully saturated rings. The fourth-order valence-electron chi connectivity index (χ4n) is 8.79. The average Bonchev–Trinajstić information content (AvgIpc) is 1.45. The van der Waals surface area contributed by atoms with Crippen LogP contribution in [0, 0.1) is 34.9 Å². The number of benzene rings is 3. The number of pyridine rings is 3. The maximum atomic E-state index is 15.1. The third kappa shape index (κ3) is 20.2. The highest BCUT2D eigenvalue weighted by Crippen LogP contribution is 2.32. The predicted octanol–water partition coefficient (Wildman–Crippen LogP) is 10.7. The summed E-state index contributed by atoms with van der Waals surface area (Å²) >= 11 is 11.6. The molecule has 0 saturated carbocycles. The fourth-order valence-corrected chi connectivity index (χ4v) is 13.0. The number of aromatic amines is 3. The summed E-state index contributed by atoms with van der Waals surface area (Å²) in [4.78, 5) is 73.3. The van der Waals surface area contributed by atoms with Crippen LogP contribution in [0.4, 0.5) is 43.4 Å². The number of carbonyl (C=O) groups is 3. The van der Waals surface area contributed by atoms with E-state index in [1.807, 2.05) is 23.1 Å². The summed E-state index contributed by atoms with van der Waals surface area (Å²) in [6.45, 7) is 4.93. The minimum atomic E-state index is -3.85. The molecule has 0 aliphatic rings. The number of H-pyrrole nitrogens is 3. The summed E-state index contributed by atoms with van der Waals surface area (Å²) in [6, 6.07) is 12.8. The number of nitrogens with one attached hydrogen (secondary N) is 6. The van der Waals surface area contributed by atoms with Crippen LogP contribution in [0.15, 0.2) is 132 Å². The number of carbonyl (C=O) groups excluding carboxylic acids is 3. The van der Waals surface area contributed by atoms with Crippen LogP contribution in [0.5, 0.6) is 12.0 Å². The Morgan fingerprint density at radius 1 is 0.510 bits per heavy atom. The Kier molecular flexibility index (Phi) is 26.9. The Morgan fingerprint density at radius 3 is 1.31 bits per heavy atom. The first-order valence-corrected chi connectivity index (χ1v) is 35.8. The van der Waals surface area contributed by atoms with Crippen molar-refractivity contribution in [3.05, 3.63) is 194 Å². The first-order valence-electron chi connectivity index (χ1n) is 28.9. The van der Waals surface area contributed by atoms with E-state index in [9.17, 15) is 61.6 Å². The van der Waals surface area contributed by atoms with Crippen molar-refractivity contribution >= 4 is 153 Å². The maximum Gasteiger partial charge on any atom is 0.491 e.